The van der Waals surface area contributed by atoms with Crippen LogP contribution in [0, 0.1) is 5.41 Å². The fourth-order valence-corrected chi connectivity index (χ4v) is 4.50. The smallest absolute Gasteiger partial charge is 0.0116 e. The number of rotatable bonds is 7. The van der Waals surface area contributed by atoms with E-state index >= 15 is 0 Å². The van der Waals surface area contributed by atoms with Crippen LogP contribution >= 0.6 is 11.8 Å². The zero-order valence-corrected chi connectivity index (χ0v) is 14.9. The molecule has 2 heteroatoms. The van der Waals surface area contributed by atoms with Crippen LogP contribution in [-0.4, -0.2) is 18.3 Å². The molecule has 1 nitrogen and oxygen atoms in total. The number of benzene rings is 1. The minimum Gasteiger partial charge on any atom is -0.313 e. The maximum atomic E-state index is 3.75. The summed E-state index contributed by atoms with van der Waals surface area (Å²) in [5.41, 5.74) is 1.95. The van der Waals surface area contributed by atoms with Gasteiger partial charge in [-0.05, 0) is 48.8 Å². The molecule has 118 valence electrons. The molecule has 21 heavy (non-hydrogen) atoms. The molecule has 1 aliphatic heterocycles. The zero-order chi connectivity index (χ0) is 15.3. The minimum absolute atomic E-state index is 0.359. The van der Waals surface area contributed by atoms with Gasteiger partial charge < -0.3 is 5.32 Å². The molecule has 0 bridgehead atoms. The van der Waals surface area contributed by atoms with Gasteiger partial charge in [0.1, 0.15) is 0 Å². The van der Waals surface area contributed by atoms with E-state index in [1.54, 1.807) is 5.56 Å². The Hall–Kier alpha value is -0.470. The Bertz CT molecular complexity index is 435. The van der Waals surface area contributed by atoms with Crippen LogP contribution in [0.25, 0.3) is 0 Å². The van der Waals surface area contributed by atoms with Crippen molar-refractivity contribution < 1.29 is 0 Å². The predicted octanol–water partition coefficient (Wildman–Crippen LogP) is 5.46. The van der Waals surface area contributed by atoms with Crippen LogP contribution < -0.4 is 5.32 Å². The fraction of sp³-hybridized carbons (Fsp3) is 0.684. The van der Waals surface area contributed by atoms with Crippen molar-refractivity contribution in [1.82, 2.24) is 5.32 Å². The SMILES string of the molecule is CCCNC(CCCC1CSc2ccccc21)C(C)(C)C. The summed E-state index contributed by atoms with van der Waals surface area (Å²) < 4.78 is 0. The van der Waals surface area contributed by atoms with E-state index in [2.05, 4.69) is 57.3 Å². The first kappa shape index (κ1) is 16.9. The summed E-state index contributed by atoms with van der Waals surface area (Å²) in [6.45, 7) is 10.5. The first-order valence-electron chi connectivity index (χ1n) is 8.47. The van der Waals surface area contributed by atoms with E-state index in [4.69, 9.17) is 0 Å². The Balaban J connectivity index is 1.83. The second kappa shape index (κ2) is 7.69. The van der Waals surface area contributed by atoms with Crippen molar-refractivity contribution in [3.05, 3.63) is 29.8 Å². The molecule has 1 aliphatic rings. The standard InChI is InChI=1S/C19H31NS/c1-5-13-20-18(19(2,3)4)12-8-9-15-14-21-17-11-7-6-10-16(15)17/h6-7,10-11,15,18,20H,5,8-9,12-14H2,1-4H3. The summed E-state index contributed by atoms with van der Waals surface area (Å²) in [4.78, 5) is 1.51. The van der Waals surface area contributed by atoms with Crippen molar-refractivity contribution >= 4 is 11.8 Å². The summed E-state index contributed by atoms with van der Waals surface area (Å²) >= 11 is 2.04. The van der Waals surface area contributed by atoms with Gasteiger partial charge in [0.05, 0.1) is 0 Å². The fourth-order valence-electron chi connectivity index (χ4n) is 3.20. The first-order chi connectivity index (χ1) is 10.0. The molecule has 0 aliphatic carbocycles. The number of thioether (sulfide) groups is 1. The quantitative estimate of drug-likeness (QED) is 0.718. The third-order valence-electron chi connectivity index (χ3n) is 4.53. The lowest BCUT2D eigenvalue weighted by Crippen LogP contribution is -2.40. The molecule has 1 aromatic carbocycles. The van der Waals surface area contributed by atoms with E-state index in [0.29, 0.717) is 11.5 Å². The minimum atomic E-state index is 0.359. The second-order valence-corrected chi connectivity index (χ2v) is 8.41. The van der Waals surface area contributed by atoms with Crippen LogP contribution in [-0.2, 0) is 0 Å². The van der Waals surface area contributed by atoms with Gasteiger partial charge in [0.25, 0.3) is 0 Å². The molecule has 2 unspecified atom stereocenters. The van der Waals surface area contributed by atoms with E-state index in [9.17, 15) is 0 Å². The Morgan fingerprint density at radius 1 is 1.29 bits per heavy atom. The lowest BCUT2D eigenvalue weighted by atomic mass is 9.82. The van der Waals surface area contributed by atoms with Gasteiger partial charge in [-0.1, -0.05) is 52.3 Å². The van der Waals surface area contributed by atoms with Crippen LogP contribution in [0.15, 0.2) is 29.2 Å². The summed E-state index contributed by atoms with van der Waals surface area (Å²) in [6, 6.07) is 9.61. The van der Waals surface area contributed by atoms with Crippen molar-refractivity contribution in [2.75, 3.05) is 12.3 Å². The van der Waals surface area contributed by atoms with Crippen LogP contribution in [0.3, 0.4) is 0 Å². The Morgan fingerprint density at radius 3 is 2.76 bits per heavy atom. The van der Waals surface area contributed by atoms with E-state index < -0.39 is 0 Å². The highest BCUT2D eigenvalue weighted by Gasteiger charge is 2.26. The molecule has 2 rings (SSSR count). The molecular formula is C19H31NS. The van der Waals surface area contributed by atoms with E-state index in [-0.39, 0.29) is 0 Å². The Labute approximate surface area is 135 Å². The van der Waals surface area contributed by atoms with Gasteiger partial charge in [0.15, 0.2) is 0 Å². The van der Waals surface area contributed by atoms with Crippen LogP contribution in [0.5, 0.6) is 0 Å². The highest BCUT2D eigenvalue weighted by Crippen LogP contribution is 2.42. The Morgan fingerprint density at radius 2 is 2.05 bits per heavy atom. The number of fused-ring (bicyclic) bond motifs is 1. The summed E-state index contributed by atoms with van der Waals surface area (Å²) in [5.74, 6) is 2.06. The molecule has 0 fully saturated rings. The van der Waals surface area contributed by atoms with Crippen LogP contribution in [0.4, 0.5) is 0 Å². The van der Waals surface area contributed by atoms with Crippen LogP contribution in [0.1, 0.15) is 64.9 Å². The normalized spacial score (nSPS) is 19.5. The molecule has 0 saturated heterocycles. The maximum Gasteiger partial charge on any atom is 0.0116 e. The first-order valence-corrected chi connectivity index (χ1v) is 9.46. The lowest BCUT2D eigenvalue weighted by Gasteiger charge is -2.32. The highest BCUT2D eigenvalue weighted by atomic mass is 32.2. The number of nitrogens with one attached hydrogen (secondary N) is 1. The third-order valence-corrected chi connectivity index (χ3v) is 5.78. The summed E-state index contributed by atoms with van der Waals surface area (Å²) in [5, 5.41) is 3.75. The van der Waals surface area contributed by atoms with E-state index in [0.717, 1.165) is 12.5 Å². The summed E-state index contributed by atoms with van der Waals surface area (Å²) in [6.07, 6.45) is 5.19. The van der Waals surface area contributed by atoms with Gasteiger partial charge in [0, 0.05) is 16.7 Å². The molecule has 0 aromatic heterocycles. The van der Waals surface area contributed by atoms with Gasteiger partial charge in [-0.3, -0.25) is 0 Å². The monoisotopic (exact) mass is 305 g/mol. The topological polar surface area (TPSA) is 12.0 Å². The van der Waals surface area contributed by atoms with Crippen molar-refractivity contribution in [2.45, 2.75) is 70.2 Å². The summed E-state index contributed by atoms with van der Waals surface area (Å²) in [7, 11) is 0. The number of hydrogen-bond acceptors (Lipinski definition) is 2. The molecule has 2 atom stereocenters. The van der Waals surface area contributed by atoms with Crippen molar-refractivity contribution in [1.29, 1.82) is 0 Å². The lowest BCUT2D eigenvalue weighted by molar-refractivity contribution is 0.249. The van der Waals surface area contributed by atoms with Gasteiger partial charge in [-0.25, -0.2) is 0 Å². The molecule has 0 radical (unpaired) electrons. The molecule has 0 spiro atoms. The molecule has 1 aromatic rings. The third kappa shape index (κ3) is 4.75. The van der Waals surface area contributed by atoms with Gasteiger partial charge in [0.2, 0.25) is 0 Å². The van der Waals surface area contributed by atoms with Gasteiger partial charge >= 0.3 is 0 Å². The van der Waals surface area contributed by atoms with Crippen molar-refractivity contribution in [3.63, 3.8) is 0 Å². The predicted molar refractivity (Wildman–Crippen MR) is 95.3 cm³/mol. The molecule has 1 heterocycles. The van der Waals surface area contributed by atoms with Crippen molar-refractivity contribution in [3.8, 4) is 0 Å². The van der Waals surface area contributed by atoms with Crippen molar-refractivity contribution in [2.24, 2.45) is 5.41 Å². The molecule has 1 N–H and O–H groups in total. The molecule has 0 amide bonds. The average Bonchev–Trinajstić information content (AvgIpc) is 2.85. The van der Waals surface area contributed by atoms with E-state index in [1.807, 2.05) is 11.8 Å². The second-order valence-electron chi connectivity index (χ2n) is 7.35. The molecular weight excluding hydrogens is 274 g/mol. The largest absolute Gasteiger partial charge is 0.313 e. The highest BCUT2D eigenvalue weighted by molar-refractivity contribution is 7.99. The van der Waals surface area contributed by atoms with E-state index in [1.165, 1.54) is 36.3 Å². The van der Waals surface area contributed by atoms with Gasteiger partial charge in [-0.2, -0.15) is 0 Å². The zero-order valence-electron chi connectivity index (χ0n) is 14.1. The molecule has 0 saturated carbocycles. The Kier molecular flexibility index (Phi) is 6.19. The number of hydrogen-bond donors (Lipinski definition) is 1. The van der Waals surface area contributed by atoms with Gasteiger partial charge in [-0.15, -0.1) is 11.8 Å². The van der Waals surface area contributed by atoms with Crippen LogP contribution in [0.2, 0.25) is 0 Å². The maximum absolute atomic E-state index is 3.75. The average molecular weight is 306 g/mol.